The van der Waals surface area contributed by atoms with E-state index >= 15 is 0 Å². The molecule has 0 heterocycles. The molecule has 0 aromatic heterocycles. The molecule has 0 unspecified atom stereocenters. The summed E-state index contributed by atoms with van der Waals surface area (Å²) < 4.78 is 0. The van der Waals surface area contributed by atoms with Gasteiger partial charge in [-0.3, -0.25) is 0 Å². The minimum Gasteiger partial charge on any atom is -0.478 e. The molecule has 0 bridgehead atoms. The van der Waals surface area contributed by atoms with E-state index in [2.05, 4.69) is 15.9 Å². The first kappa shape index (κ1) is 16.5. The summed E-state index contributed by atoms with van der Waals surface area (Å²) >= 11 is 9.51. The third kappa shape index (κ3) is 3.48. The Morgan fingerprint density at radius 1 is 1.05 bits per heavy atom. The number of alkyl halides is 1. The molecule has 0 aliphatic rings. The normalized spacial score (nSPS) is 10.5. The van der Waals surface area contributed by atoms with Gasteiger partial charge in [0, 0.05) is 10.4 Å². The van der Waals surface area contributed by atoms with Gasteiger partial charge in [-0.2, -0.15) is 0 Å². The predicted octanol–water partition coefficient (Wildman–Crippen LogP) is 4.22. The van der Waals surface area contributed by atoms with Crippen LogP contribution >= 0.6 is 27.5 Å². The van der Waals surface area contributed by atoms with E-state index < -0.39 is 11.9 Å². The van der Waals surface area contributed by atoms with Crippen LogP contribution in [0.5, 0.6) is 0 Å². The molecule has 2 N–H and O–H groups in total. The maximum atomic E-state index is 11.4. The zero-order chi connectivity index (χ0) is 16.3. The standard InChI is InChI=1S/C16H12BrClO4/c17-8-13-9(2-1-3-14(13)18)6-10-4-5-11(15(19)20)7-12(10)16(21)22/h1-5,7H,6,8H2,(H,19,20)(H,21,22). The number of benzene rings is 2. The Labute approximate surface area is 140 Å². The Bertz CT molecular complexity index is 743. The molecular weight excluding hydrogens is 372 g/mol. The van der Waals surface area contributed by atoms with Crippen LogP contribution in [-0.4, -0.2) is 22.2 Å². The molecule has 0 aliphatic heterocycles. The number of hydrogen-bond acceptors (Lipinski definition) is 2. The number of carboxylic acid groups (broad SMARTS) is 2. The fourth-order valence-corrected chi connectivity index (χ4v) is 3.27. The fourth-order valence-electron chi connectivity index (χ4n) is 2.19. The van der Waals surface area contributed by atoms with E-state index in [1.165, 1.54) is 18.2 Å². The first-order chi connectivity index (χ1) is 10.4. The highest BCUT2D eigenvalue weighted by molar-refractivity contribution is 9.08. The zero-order valence-electron chi connectivity index (χ0n) is 11.3. The summed E-state index contributed by atoms with van der Waals surface area (Å²) in [5.74, 6) is -2.31. The van der Waals surface area contributed by atoms with Gasteiger partial charge in [-0.1, -0.05) is 45.7 Å². The number of halogens is 2. The quantitative estimate of drug-likeness (QED) is 0.758. The SMILES string of the molecule is O=C(O)c1ccc(Cc2cccc(Cl)c2CBr)c(C(=O)O)c1. The van der Waals surface area contributed by atoms with Crippen LogP contribution in [0.3, 0.4) is 0 Å². The summed E-state index contributed by atoms with van der Waals surface area (Å²) in [7, 11) is 0. The van der Waals surface area contributed by atoms with Gasteiger partial charge < -0.3 is 10.2 Å². The molecule has 0 radical (unpaired) electrons. The van der Waals surface area contributed by atoms with Gasteiger partial charge in [0.05, 0.1) is 11.1 Å². The van der Waals surface area contributed by atoms with Gasteiger partial charge in [-0.25, -0.2) is 9.59 Å². The van der Waals surface area contributed by atoms with Gasteiger partial charge in [-0.15, -0.1) is 0 Å². The summed E-state index contributed by atoms with van der Waals surface area (Å²) in [5.41, 5.74) is 2.27. The average Bonchev–Trinajstić information content (AvgIpc) is 2.47. The highest BCUT2D eigenvalue weighted by atomic mass is 79.9. The summed E-state index contributed by atoms with van der Waals surface area (Å²) in [6.07, 6.45) is 0.364. The molecule has 4 nitrogen and oxygen atoms in total. The van der Waals surface area contributed by atoms with Crippen LogP contribution in [0.25, 0.3) is 0 Å². The molecule has 2 aromatic carbocycles. The molecule has 0 aliphatic carbocycles. The van der Waals surface area contributed by atoms with E-state index in [-0.39, 0.29) is 11.1 Å². The lowest BCUT2D eigenvalue weighted by Crippen LogP contribution is -2.07. The van der Waals surface area contributed by atoms with Crippen LogP contribution < -0.4 is 0 Å². The maximum Gasteiger partial charge on any atom is 0.336 e. The van der Waals surface area contributed by atoms with E-state index in [1.807, 2.05) is 6.07 Å². The number of aromatic carboxylic acids is 2. The van der Waals surface area contributed by atoms with Crippen molar-refractivity contribution in [3.8, 4) is 0 Å². The molecule has 2 rings (SSSR count). The van der Waals surface area contributed by atoms with Crippen LogP contribution in [0, 0.1) is 0 Å². The van der Waals surface area contributed by atoms with Crippen molar-refractivity contribution < 1.29 is 19.8 Å². The number of hydrogen-bond donors (Lipinski definition) is 2. The Kier molecular flexibility index (Phi) is 5.21. The summed E-state index contributed by atoms with van der Waals surface area (Å²) in [4.78, 5) is 22.4. The summed E-state index contributed by atoms with van der Waals surface area (Å²) in [5, 5.41) is 19.4. The largest absolute Gasteiger partial charge is 0.478 e. The van der Waals surface area contributed by atoms with Crippen LogP contribution in [0.15, 0.2) is 36.4 Å². The van der Waals surface area contributed by atoms with E-state index in [9.17, 15) is 14.7 Å². The van der Waals surface area contributed by atoms with Crippen LogP contribution in [0.2, 0.25) is 5.02 Å². The summed E-state index contributed by atoms with van der Waals surface area (Å²) in [6.45, 7) is 0. The van der Waals surface area contributed by atoms with Crippen molar-refractivity contribution in [2.45, 2.75) is 11.8 Å². The molecule has 0 fully saturated rings. The van der Waals surface area contributed by atoms with Gasteiger partial charge in [0.25, 0.3) is 0 Å². The molecule has 0 atom stereocenters. The second kappa shape index (κ2) is 6.94. The Hall–Kier alpha value is -1.85. The van der Waals surface area contributed by atoms with Crippen LogP contribution in [0.4, 0.5) is 0 Å². The third-order valence-corrected chi connectivity index (χ3v) is 4.23. The lowest BCUT2D eigenvalue weighted by atomic mass is 9.95. The van der Waals surface area contributed by atoms with Crippen molar-refractivity contribution in [2.24, 2.45) is 0 Å². The molecule has 0 spiro atoms. The fraction of sp³-hybridized carbons (Fsp3) is 0.125. The molecule has 6 heteroatoms. The molecule has 0 saturated carbocycles. The predicted molar refractivity (Wildman–Crippen MR) is 87.2 cm³/mol. The Morgan fingerprint density at radius 2 is 1.77 bits per heavy atom. The van der Waals surface area contributed by atoms with Gasteiger partial charge in [0.1, 0.15) is 0 Å². The minimum atomic E-state index is -1.15. The van der Waals surface area contributed by atoms with Crippen molar-refractivity contribution >= 4 is 39.5 Å². The van der Waals surface area contributed by atoms with Gasteiger partial charge >= 0.3 is 11.9 Å². The second-order valence-corrected chi connectivity index (χ2v) is 5.64. The highest BCUT2D eigenvalue weighted by Gasteiger charge is 2.16. The smallest absolute Gasteiger partial charge is 0.336 e. The lowest BCUT2D eigenvalue weighted by molar-refractivity contribution is 0.0695. The van der Waals surface area contributed by atoms with Gasteiger partial charge in [0.2, 0.25) is 0 Å². The lowest BCUT2D eigenvalue weighted by Gasteiger charge is -2.12. The number of carbonyl (C=O) groups is 2. The van der Waals surface area contributed by atoms with Crippen molar-refractivity contribution in [2.75, 3.05) is 0 Å². The van der Waals surface area contributed by atoms with Gasteiger partial charge in [0.15, 0.2) is 0 Å². The first-order valence-corrected chi connectivity index (χ1v) is 7.85. The maximum absolute atomic E-state index is 11.4. The Morgan fingerprint density at radius 3 is 2.36 bits per heavy atom. The molecule has 0 amide bonds. The molecular formula is C16H12BrClO4. The minimum absolute atomic E-state index is 0.0135. The third-order valence-electron chi connectivity index (χ3n) is 3.32. The Balaban J connectivity index is 2.48. The summed E-state index contributed by atoms with van der Waals surface area (Å²) in [6, 6.07) is 9.56. The molecule has 114 valence electrons. The van der Waals surface area contributed by atoms with Crippen LogP contribution in [-0.2, 0) is 11.8 Å². The molecule has 0 saturated heterocycles. The first-order valence-electron chi connectivity index (χ1n) is 6.35. The topological polar surface area (TPSA) is 74.6 Å². The molecule has 2 aromatic rings. The number of carboxylic acids is 2. The van der Waals surface area contributed by atoms with E-state index in [1.54, 1.807) is 12.1 Å². The number of rotatable bonds is 5. The van der Waals surface area contributed by atoms with Crippen LogP contribution in [0.1, 0.15) is 37.4 Å². The van der Waals surface area contributed by atoms with E-state index in [0.717, 1.165) is 11.1 Å². The zero-order valence-corrected chi connectivity index (χ0v) is 13.7. The van der Waals surface area contributed by atoms with Crippen molar-refractivity contribution in [1.29, 1.82) is 0 Å². The van der Waals surface area contributed by atoms with Gasteiger partial charge in [-0.05, 0) is 41.3 Å². The van der Waals surface area contributed by atoms with Crippen molar-refractivity contribution in [1.82, 2.24) is 0 Å². The van der Waals surface area contributed by atoms with E-state index in [4.69, 9.17) is 16.7 Å². The van der Waals surface area contributed by atoms with E-state index in [0.29, 0.717) is 22.3 Å². The second-order valence-electron chi connectivity index (χ2n) is 4.67. The highest BCUT2D eigenvalue weighted by Crippen LogP contribution is 2.26. The monoisotopic (exact) mass is 382 g/mol. The van der Waals surface area contributed by atoms with Crippen molar-refractivity contribution in [3.63, 3.8) is 0 Å². The average molecular weight is 384 g/mol. The van der Waals surface area contributed by atoms with Crippen molar-refractivity contribution in [3.05, 3.63) is 69.2 Å². The molecule has 22 heavy (non-hydrogen) atoms.